The second-order valence-corrected chi connectivity index (χ2v) is 5.08. The first kappa shape index (κ1) is 15.0. The Morgan fingerprint density at radius 3 is 2.07 bits per heavy atom. The Bertz CT molecular complexity index is 121. The molecular formula is C14H30O. The molecule has 0 aromatic heterocycles. The van der Waals surface area contributed by atoms with E-state index in [0.717, 1.165) is 12.5 Å². The van der Waals surface area contributed by atoms with Crippen LogP contribution in [0.1, 0.15) is 72.6 Å². The fraction of sp³-hybridized carbons (Fsp3) is 1.00. The monoisotopic (exact) mass is 214 g/mol. The van der Waals surface area contributed by atoms with Crippen LogP contribution in [0.15, 0.2) is 0 Å². The molecule has 0 aliphatic carbocycles. The molecule has 0 saturated heterocycles. The van der Waals surface area contributed by atoms with Crippen LogP contribution in [0.4, 0.5) is 0 Å². The fourth-order valence-electron chi connectivity index (χ4n) is 1.90. The van der Waals surface area contributed by atoms with E-state index in [4.69, 9.17) is 4.74 Å². The van der Waals surface area contributed by atoms with Gasteiger partial charge in [-0.3, -0.25) is 0 Å². The summed E-state index contributed by atoms with van der Waals surface area (Å²) >= 11 is 0. The Hall–Kier alpha value is -0.0400. The zero-order valence-electron chi connectivity index (χ0n) is 11.2. The molecule has 0 rings (SSSR count). The largest absolute Gasteiger partial charge is 0.379 e. The molecule has 0 aromatic rings. The Kier molecular flexibility index (Phi) is 10.4. The quantitative estimate of drug-likeness (QED) is 0.475. The van der Waals surface area contributed by atoms with Crippen molar-refractivity contribution in [3.63, 3.8) is 0 Å². The second-order valence-electron chi connectivity index (χ2n) is 5.08. The van der Waals surface area contributed by atoms with E-state index in [-0.39, 0.29) is 0 Å². The summed E-state index contributed by atoms with van der Waals surface area (Å²) in [4.78, 5) is 0. The molecule has 0 N–H and O–H groups in total. The summed E-state index contributed by atoms with van der Waals surface area (Å²) in [5.41, 5.74) is 0. The van der Waals surface area contributed by atoms with Crippen molar-refractivity contribution >= 4 is 0 Å². The standard InChI is InChI=1S/C14H30O/c1-5-6-7-8-9-10-11-15-14(4)12-13(2)3/h13-14H,5-12H2,1-4H3. The molecule has 0 fully saturated rings. The molecule has 0 aliphatic heterocycles. The normalized spacial score (nSPS) is 13.4. The van der Waals surface area contributed by atoms with Crippen LogP contribution in [0.3, 0.4) is 0 Å². The van der Waals surface area contributed by atoms with Gasteiger partial charge in [0, 0.05) is 6.61 Å². The van der Waals surface area contributed by atoms with Crippen LogP contribution < -0.4 is 0 Å². The molecule has 0 bridgehead atoms. The lowest BCUT2D eigenvalue weighted by atomic mass is 10.1. The molecule has 1 nitrogen and oxygen atoms in total. The number of rotatable bonds is 10. The molecule has 0 heterocycles. The summed E-state index contributed by atoms with van der Waals surface area (Å²) in [6.07, 6.45) is 9.73. The van der Waals surface area contributed by atoms with Crippen LogP contribution in [0.5, 0.6) is 0 Å². The highest BCUT2D eigenvalue weighted by atomic mass is 16.5. The molecule has 0 saturated carbocycles. The molecule has 1 heteroatoms. The van der Waals surface area contributed by atoms with Gasteiger partial charge in [0.1, 0.15) is 0 Å². The minimum absolute atomic E-state index is 0.445. The van der Waals surface area contributed by atoms with Crippen molar-refractivity contribution in [1.29, 1.82) is 0 Å². The summed E-state index contributed by atoms with van der Waals surface area (Å²) in [6, 6.07) is 0. The lowest BCUT2D eigenvalue weighted by Gasteiger charge is -2.14. The van der Waals surface area contributed by atoms with Gasteiger partial charge in [-0.15, -0.1) is 0 Å². The van der Waals surface area contributed by atoms with Crippen molar-refractivity contribution in [2.24, 2.45) is 5.92 Å². The van der Waals surface area contributed by atoms with Gasteiger partial charge in [-0.05, 0) is 25.7 Å². The molecule has 1 atom stereocenters. The minimum atomic E-state index is 0.445. The van der Waals surface area contributed by atoms with Crippen LogP contribution in [0, 0.1) is 5.92 Å². The van der Waals surface area contributed by atoms with Gasteiger partial charge in [-0.1, -0.05) is 52.9 Å². The minimum Gasteiger partial charge on any atom is -0.379 e. The van der Waals surface area contributed by atoms with Gasteiger partial charge in [-0.2, -0.15) is 0 Å². The van der Waals surface area contributed by atoms with Crippen LogP contribution in [0.25, 0.3) is 0 Å². The lowest BCUT2D eigenvalue weighted by Crippen LogP contribution is -2.12. The molecule has 0 spiro atoms. The second kappa shape index (κ2) is 10.5. The van der Waals surface area contributed by atoms with Gasteiger partial charge < -0.3 is 4.74 Å². The zero-order chi connectivity index (χ0) is 11.5. The third kappa shape index (κ3) is 11.9. The molecule has 0 amide bonds. The van der Waals surface area contributed by atoms with Crippen molar-refractivity contribution in [2.45, 2.75) is 78.7 Å². The Labute approximate surface area is 96.6 Å². The maximum atomic E-state index is 5.76. The molecule has 0 aromatic carbocycles. The summed E-state index contributed by atoms with van der Waals surface area (Å²) < 4.78 is 5.76. The Morgan fingerprint density at radius 1 is 0.867 bits per heavy atom. The molecule has 0 aliphatic rings. The Balaban J connectivity index is 3.09. The van der Waals surface area contributed by atoms with Crippen molar-refractivity contribution in [3.05, 3.63) is 0 Å². The van der Waals surface area contributed by atoms with Crippen LogP contribution in [-0.2, 0) is 4.74 Å². The zero-order valence-corrected chi connectivity index (χ0v) is 11.2. The third-order valence-corrected chi connectivity index (χ3v) is 2.70. The highest BCUT2D eigenvalue weighted by molar-refractivity contribution is 4.54. The first-order valence-corrected chi connectivity index (χ1v) is 6.78. The van der Waals surface area contributed by atoms with Crippen LogP contribution >= 0.6 is 0 Å². The van der Waals surface area contributed by atoms with Crippen molar-refractivity contribution in [2.75, 3.05) is 6.61 Å². The van der Waals surface area contributed by atoms with Crippen molar-refractivity contribution < 1.29 is 4.74 Å². The predicted molar refractivity (Wildman–Crippen MR) is 68.2 cm³/mol. The highest BCUT2D eigenvalue weighted by Gasteiger charge is 2.04. The van der Waals surface area contributed by atoms with E-state index in [9.17, 15) is 0 Å². The van der Waals surface area contributed by atoms with E-state index in [0.29, 0.717) is 6.10 Å². The summed E-state index contributed by atoms with van der Waals surface area (Å²) in [5.74, 6) is 0.754. The van der Waals surface area contributed by atoms with E-state index in [1.54, 1.807) is 0 Å². The van der Waals surface area contributed by atoms with Gasteiger partial charge in [0.15, 0.2) is 0 Å². The highest BCUT2D eigenvalue weighted by Crippen LogP contribution is 2.09. The number of ether oxygens (including phenoxy) is 1. The molecule has 0 radical (unpaired) electrons. The van der Waals surface area contributed by atoms with Crippen LogP contribution in [0.2, 0.25) is 0 Å². The topological polar surface area (TPSA) is 9.23 Å². The maximum Gasteiger partial charge on any atom is 0.0549 e. The average Bonchev–Trinajstić information content (AvgIpc) is 2.15. The lowest BCUT2D eigenvalue weighted by molar-refractivity contribution is 0.0494. The van der Waals surface area contributed by atoms with Gasteiger partial charge in [0.2, 0.25) is 0 Å². The smallest absolute Gasteiger partial charge is 0.0549 e. The van der Waals surface area contributed by atoms with Gasteiger partial charge in [-0.25, -0.2) is 0 Å². The maximum absolute atomic E-state index is 5.76. The van der Waals surface area contributed by atoms with E-state index in [2.05, 4.69) is 27.7 Å². The Morgan fingerprint density at radius 2 is 1.47 bits per heavy atom. The summed E-state index contributed by atoms with van der Waals surface area (Å²) in [7, 11) is 0. The number of unbranched alkanes of at least 4 members (excludes halogenated alkanes) is 5. The van der Waals surface area contributed by atoms with E-state index in [1.807, 2.05) is 0 Å². The molecule has 92 valence electrons. The number of hydrogen-bond donors (Lipinski definition) is 0. The molecular weight excluding hydrogens is 184 g/mol. The van der Waals surface area contributed by atoms with E-state index < -0.39 is 0 Å². The first-order chi connectivity index (χ1) is 7.16. The van der Waals surface area contributed by atoms with E-state index in [1.165, 1.54) is 44.9 Å². The molecule has 15 heavy (non-hydrogen) atoms. The first-order valence-electron chi connectivity index (χ1n) is 6.78. The van der Waals surface area contributed by atoms with Crippen LogP contribution in [-0.4, -0.2) is 12.7 Å². The predicted octanol–water partition coefficient (Wildman–Crippen LogP) is 4.80. The molecule has 1 unspecified atom stereocenters. The summed E-state index contributed by atoms with van der Waals surface area (Å²) in [6.45, 7) is 9.92. The van der Waals surface area contributed by atoms with Crippen molar-refractivity contribution in [3.8, 4) is 0 Å². The third-order valence-electron chi connectivity index (χ3n) is 2.70. The summed E-state index contributed by atoms with van der Waals surface area (Å²) in [5, 5.41) is 0. The SMILES string of the molecule is CCCCCCCCOC(C)CC(C)C. The van der Waals surface area contributed by atoms with Gasteiger partial charge in [0.05, 0.1) is 6.10 Å². The fourth-order valence-corrected chi connectivity index (χ4v) is 1.90. The van der Waals surface area contributed by atoms with Crippen molar-refractivity contribution in [1.82, 2.24) is 0 Å². The van der Waals surface area contributed by atoms with Gasteiger partial charge in [0.25, 0.3) is 0 Å². The van der Waals surface area contributed by atoms with Gasteiger partial charge >= 0.3 is 0 Å². The number of hydrogen-bond acceptors (Lipinski definition) is 1. The average molecular weight is 214 g/mol. The van der Waals surface area contributed by atoms with E-state index >= 15 is 0 Å².